The second-order valence-electron chi connectivity index (χ2n) is 4.61. The Hall–Kier alpha value is -2.07. The molecule has 0 aliphatic rings. The van der Waals surface area contributed by atoms with Gasteiger partial charge < -0.3 is 10.6 Å². The molecule has 21 heavy (non-hydrogen) atoms. The second-order valence-corrected chi connectivity index (χ2v) is 4.61. The number of alkyl halides is 3. The van der Waals surface area contributed by atoms with Crippen molar-refractivity contribution in [2.75, 3.05) is 11.9 Å². The summed E-state index contributed by atoms with van der Waals surface area (Å²) in [6.07, 6.45) is -3.80. The van der Waals surface area contributed by atoms with Gasteiger partial charge in [-0.25, -0.2) is 0 Å². The molecule has 0 heterocycles. The highest BCUT2D eigenvalue weighted by Gasteiger charge is 2.33. The van der Waals surface area contributed by atoms with Crippen LogP contribution in [0.2, 0.25) is 0 Å². The van der Waals surface area contributed by atoms with Crippen molar-refractivity contribution < 1.29 is 18.0 Å². The Labute approximate surface area is 121 Å². The fourth-order valence-corrected chi connectivity index (χ4v) is 1.57. The molecule has 114 valence electrons. The van der Waals surface area contributed by atoms with E-state index in [0.29, 0.717) is 0 Å². The lowest BCUT2D eigenvalue weighted by Crippen LogP contribution is -2.34. The third-order valence-corrected chi connectivity index (χ3v) is 2.95. The van der Waals surface area contributed by atoms with Crippen LogP contribution < -0.4 is 10.6 Å². The molecule has 1 aromatic carbocycles. The Kier molecular flexibility index (Phi) is 5.73. The first kappa shape index (κ1) is 17.0. The Morgan fingerprint density at radius 2 is 2.10 bits per heavy atom. The van der Waals surface area contributed by atoms with Crippen molar-refractivity contribution in [2.45, 2.75) is 32.5 Å². The number of nitriles is 1. The number of carbonyl (C=O) groups is 1. The Morgan fingerprint density at radius 3 is 2.62 bits per heavy atom. The van der Waals surface area contributed by atoms with Crippen molar-refractivity contribution in [1.29, 1.82) is 5.26 Å². The Bertz CT molecular complexity index is 549. The first-order valence-corrected chi connectivity index (χ1v) is 6.42. The number of anilines is 1. The lowest BCUT2D eigenvalue weighted by molar-refractivity contribution is -0.137. The lowest BCUT2D eigenvalue weighted by Gasteiger charge is -2.13. The van der Waals surface area contributed by atoms with Gasteiger partial charge in [0.15, 0.2) is 0 Å². The van der Waals surface area contributed by atoms with E-state index in [0.717, 1.165) is 18.6 Å². The van der Waals surface area contributed by atoms with Crippen LogP contribution in [0.3, 0.4) is 0 Å². The first-order chi connectivity index (χ1) is 9.77. The van der Waals surface area contributed by atoms with Gasteiger partial charge >= 0.3 is 6.18 Å². The number of nitrogens with zero attached hydrogens (tertiary/aromatic N) is 1. The minimum atomic E-state index is -4.64. The van der Waals surface area contributed by atoms with E-state index >= 15 is 0 Å². The topological polar surface area (TPSA) is 64.9 Å². The normalized spacial score (nSPS) is 12.6. The van der Waals surface area contributed by atoms with Gasteiger partial charge in [-0.3, -0.25) is 4.79 Å². The van der Waals surface area contributed by atoms with Crippen LogP contribution in [0, 0.1) is 11.3 Å². The molecule has 1 atom stereocenters. The number of nitrogens with one attached hydrogen (secondary N) is 2. The predicted octanol–water partition coefficient (Wildman–Crippen LogP) is 2.90. The van der Waals surface area contributed by atoms with Gasteiger partial charge in [0.05, 0.1) is 23.7 Å². The van der Waals surface area contributed by atoms with E-state index < -0.39 is 23.2 Å². The zero-order chi connectivity index (χ0) is 16.0. The van der Waals surface area contributed by atoms with Crippen molar-refractivity contribution in [3.8, 4) is 6.07 Å². The molecule has 0 saturated carbocycles. The number of hydrogen-bond donors (Lipinski definition) is 2. The summed E-state index contributed by atoms with van der Waals surface area (Å²) in [5.74, 6) is -0.437. The van der Waals surface area contributed by atoms with Crippen LogP contribution in [0.4, 0.5) is 18.9 Å². The molecule has 1 unspecified atom stereocenters. The van der Waals surface area contributed by atoms with E-state index in [1.54, 1.807) is 0 Å². The summed E-state index contributed by atoms with van der Waals surface area (Å²) in [6.45, 7) is 3.86. The average molecular weight is 299 g/mol. The monoisotopic (exact) mass is 299 g/mol. The maximum Gasteiger partial charge on any atom is 0.417 e. The molecule has 1 amide bonds. The number of benzene rings is 1. The summed E-state index contributed by atoms with van der Waals surface area (Å²) in [4.78, 5) is 11.6. The lowest BCUT2D eigenvalue weighted by atomic mass is 10.1. The number of rotatable bonds is 5. The summed E-state index contributed by atoms with van der Waals surface area (Å²) >= 11 is 0. The highest BCUT2D eigenvalue weighted by atomic mass is 19.4. The maximum atomic E-state index is 12.8. The third-order valence-electron chi connectivity index (χ3n) is 2.95. The first-order valence-electron chi connectivity index (χ1n) is 6.42. The van der Waals surface area contributed by atoms with E-state index in [4.69, 9.17) is 5.26 Å². The fourth-order valence-electron chi connectivity index (χ4n) is 1.57. The van der Waals surface area contributed by atoms with Gasteiger partial charge in [-0.2, -0.15) is 18.4 Å². The molecule has 1 aromatic rings. The molecule has 0 bridgehead atoms. The molecule has 0 aromatic heterocycles. The molecule has 7 heteroatoms. The smallest absolute Gasteiger partial charge is 0.325 e. The zero-order valence-electron chi connectivity index (χ0n) is 11.7. The van der Waals surface area contributed by atoms with Gasteiger partial charge in [-0.1, -0.05) is 6.92 Å². The quantitative estimate of drug-likeness (QED) is 0.878. The molecule has 4 nitrogen and oxygen atoms in total. The molecule has 0 aliphatic heterocycles. The number of halogens is 3. The Balaban J connectivity index is 2.82. The van der Waals surface area contributed by atoms with E-state index in [9.17, 15) is 18.0 Å². The third kappa shape index (κ3) is 5.08. The highest BCUT2D eigenvalue weighted by molar-refractivity contribution is 5.92. The van der Waals surface area contributed by atoms with Gasteiger partial charge in [-0.15, -0.1) is 0 Å². The van der Waals surface area contributed by atoms with Gasteiger partial charge in [-0.05, 0) is 31.5 Å². The fraction of sp³-hybridized carbons (Fsp3) is 0.429. The Morgan fingerprint density at radius 1 is 1.43 bits per heavy atom. The van der Waals surface area contributed by atoms with Crippen molar-refractivity contribution >= 4 is 11.6 Å². The molecular weight excluding hydrogens is 283 g/mol. The van der Waals surface area contributed by atoms with E-state index in [-0.39, 0.29) is 18.3 Å². The molecule has 0 fully saturated rings. The van der Waals surface area contributed by atoms with E-state index in [1.165, 1.54) is 12.1 Å². The van der Waals surface area contributed by atoms with Crippen LogP contribution in [0.25, 0.3) is 0 Å². The van der Waals surface area contributed by atoms with E-state index in [2.05, 4.69) is 10.6 Å². The minimum Gasteiger partial charge on any atom is -0.325 e. The zero-order valence-corrected chi connectivity index (χ0v) is 11.7. The van der Waals surface area contributed by atoms with Crippen molar-refractivity contribution in [3.05, 3.63) is 29.3 Å². The summed E-state index contributed by atoms with van der Waals surface area (Å²) in [5.41, 5.74) is -1.52. The second kappa shape index (κ2) is 7.09. The van der Waals surface area contributed by atoms with Crippen LogP contribution in [-0.2, 0) is 11.0 Å². The molecule has 0 saturated heterocycles. The summed E-state index contributed by atoms with van der Waals surface area (Å²) in [6, 6.07) is 4.71. The van der Waals surface area contributed by atoms with Crippen LogP contribution in [0.15, 0.2) is 18.2 Å². The molecule has 0 spiro atoms. The molecule has 0 aliphatic carbocycles. The number of carbonyl (C=O) groups excluding carboxylic acids is 1. The number of amides is 1. The van der Waals surface area contributed by atoms with Crippen molar-refractivity contribution in [2.24, 2.45) is 0 Å². The molecule has 0 radical (unpaired) electrons. The predicted molar refractivity (Wildman–Crippen MR) is 72.5 cm³/mol. The van der Waals surface area contributed by atoms with Gasteiger partial charge in [0.1, 0.15) is 0 Å². The van der Waals surface area contributed by atoms with Gasteiger partial charge in [0.25, 0.3) is 0 Å². The van der Waals surface area contributed by atoms with Gasteiger partial charge in [0.2, 0.25) is 5.91 Å². The van der Waals surface area contributed by atoms with Crippen molar-refractivity contribution in [3.63, 3.8) is 0 Å². The van der Waals surface area contributed by atoms with Crippen LogP contribution >= 0.6 is 0 Å². The number of hydrogen-bond acceptors (Lipinski definition) is 3. The average Bonchev–Trinajstić information content (AvgIpc) is 2.43. The highest BCUT2D eigenvalue weighted by Crippen LogP contribution is 2.33. The summed E-state index contributed by atoms with van der Waals surface area (Å²) in [7, 11) is 0. The minimum absolute atomic E-state index is 0.0103. The largest absolute Gasteiger partial charge is 0.417 e. The van der Waals surface area contributed by atoms with Crippen LogP contribution in [0.1, 0.15) is 31.4 Å². The maximum absolute atomic E-state index is 12.8. The molecule has 2 N–H and O–H groups in total. The van der Waals surface area contributed by atoms with Gasteiger partial charge in [0, 0.05) is 11.7 Å². The standard InChI is InChI=1S/C14H16F3N3O/c1-3-9(2)19-8-13(21)20-11-5-4-10(7-18)12(6-11)14(15,16)17/h4-6,9,19H,3,8H2,1-2H3,(H,20,21). The van der Waals surface area contributed by atoms with E-state index in [1.807, 2.05) is 13.8 Å². The molecule has 1 rings (SSSR count). The van der Waals surface area contributed by atoms with Crippen molar-refractivity contribution in [1.82, 2.24) is 5.32 Å². The summed E-state index contributed by atoms with van der Waals surface area (Å²) in [5, 5.41) is 14.0. The van der Waals surface area contributed by atoms with Crippen LogP contribution in [0.5, 0.6) is 0 Å². The summed E-state index contributed by atoms with van der Waals surface area (Å²) < 4.78 is 38.3. The SMILES string of the molecule is CCC(C)NCC(=O)Nc1ccc(C#N)c(C(F)(F)F)c1. The molecular formula is C14H16F3N3O. The van der Waals surface area contributed by atoms with Crippen LogP contribution in [-0.4, -0.2) is 18.5 Å².